The van der Waals surface area contributed by atoms with Gasteiger partial charge in [-0.3, -0.25) is 4.79 Å². The van der Waals surface area contributed by atoms with Crippen molar-refractivity contribution in [2.45, 2.75) is 51.2 Å². The number of aliphatic hydroxyl groups is 1. The van der Waals surface area contributed by atoms with Gasteiger partial charge in [0.25, 0.3) is 0 Å². The fourth-order valence-electron chi connectivity index (χ4n) is 4.62. The molecule has 9 heteroatoms. The maximum atomic E-state index is 13.6. The summed E-state index contributed by atoms with van der Waals surface area (Å²) in [7, 11) is -2.34. The van der Waals surface area contributed by atoms with Gasteiger partial charge in [0.15, 0.2) is 0 Å². The summed E-state index contributed by atoms with van der Waals surface area (Å²) < 4.78 is 33.7. The van der Waals surface area contributed by atoms with E-state index in [1.807, 2.05) is 76.2 Å². The first-order valence-electron chi connectivity index (χ1n) is 13.4. The first-order chi connectivity index (χ1) is 18.9. The monoisotopic (exact) mass is 567 g/mol. The van der Waals surface area contributed by atoms with Crippen LogP contribution in [0, 0.1) is 19.8 Å². The van der Waals surface area contributed by atoms with E-state index < -0.39 is 21.7 Å². The SMILES string of the molecule is COc1ccc(S(=O)(=O)N(CCC(O)(Cc2ccccc2)NC(=O)CNc2c(C)cccc2C)CC(C)C)cc1. The third-order valence-corrected chi connectivity index (χ3v) is 8.54. The lowest BCUT2D eigenvalue weighted by Crippen LogP contribution is -2.53. The number of para-hydroxylation sites is 1. The van der Waals surface area contributed by atoms with Gasteiger partial charge in [-0.1, -0.05) is 62.4 Å². The largest absolute Gasteiger partial charge is 0.497 e. The van der Waals surface area contributed by atoms with E-state index in [-0.39, 0.29) is 43.3 Å². The second kappa shape index (κ2) is 13.8. The number of nitrogens with one attached hydrogen (secondary N) is 2. The molecule has 3 aromatic carbocycles. The molecule has 0 aliphatic heterocycles. The maximum absolute atomic E-state index is 13.6. The van der Waals surface area contributed by atoms with Crippen LogP contribution in [0.3, 0.4) is 0 Å². The maximum Gasteiger partial charge on any atom is 0.243 e. The lowest BCUT2D eigenvalue weighted by atomic mass is 9.99. The van der Waals surface area contributed by atoms with Crippen LogP contribution in [0.1, 0.15) is 37.0 Å². The lowest BCUT2D eigenvalue weighted by molar-refractivity contribution is -0.127. The van der Waals surface area contributed by atoms with Gasteiger partial charge in [-0.2, -0.15) is 4.31 Å². The first kappa shape index (κ1) is 31.1. The summed E-state index contributed by atoms with van der Waals surface area (Å²) >= 11 is 0. The molecular weight excluding hydrogens is 526 g/mol. The second-order valence-corrected chi connectivity index (χ2v) is 12.5. The molecule has 3 aromatic rings. The summed E-state index contributed by atoms with van der Waals surface area (Å²) in [6, 6.07) is 21.5. The van der Waals surface area contributed by atoms with Crippen LogP contribution in [0.2, 0.25) is 0 Å². The average Bonchev–Trinajstić information content (AvgIpc) is 2.91. The number of hydrogen-bond acceptors (Lipinski definition) is 6. The fourth-order valence-corrected chi connectivity index (χ4v) is 6.22. The predicted octanol–water partition coefficient (Wildman–Crippen LogP) is 4.51. The number of carbonyl (C=O) groups excluding carboxylic acids is 1. The van der Waals surface area contributed by atoms with Crippen LogP contribution in [-0.4, -0.2) is 56.2 Å². The van der Waals surface area contributed by atoms with Gasteiger partial charge in [-0.05, 0) is 60.7 Å². The molecule has 3 N–H and O–H groups in total. The Morgan fingerprint density at radius 3 is 2.17 bits per heavy atom. The van der Waals surface area contributed by atoms with Crippen molar-refractivity contribution >= 4 is 21.6 Å². The van der Waals surface area contributed by atoms with Crippen LogP contribution in [0.4, 0.5) is 5.69 Å². The molecule has 0 spiro atoms. The number of rotatable bonds is 14. The van der Waals surface area contributed by atoms with E-state index in [2.05, 4.69) is 10.6 Å². The number of methoxy groups -OCH3 is 1. The Morgan fingerprint density at radius 2 is 1.60 bits per heavy atom. The number of benzene rings is 3. The van der Waals surface area contributed by atoms with E-state index in [4.69, 9.17) is 4.74 Å². The molecule has 0 radical (unpaired) electrons. The number of hydrogen-bond donors (Lipinski definition) is 3. The summed E-state index contributed by atoms with van der Waals surface area (Å²) in [5, 5.41) is 17.7. The molecule has 0 aliphatic rings. The van der Waals surface area contributed by atoms with Crippen molar-refractivity contribution in [1.29, 1.82) is 0 Å². The van der Waals surface area contributed by atoms with Crippen molar-refractivity contribution in [3.63, 3.8) is 0 Å². The quantitative estimate of drug-likeness (QED) is 0.248. The zero-order valence-corrected chi connectivity index (χ0v) is 24.8. The molecule has 0 aliphatic carbocycles. The van der Waals surface area contributed by atoms with Crippen molar-refractivity contribution < 1.29 is 23.1 Å². The van der Waals surface area contributed by atoms with Gasteiger partial charge < -0.3 is 20.5 Å². The number of amides is 1. The Labute approximate surface area is 238 Å². The average molecular weight is 568 g/mol. The molecule has 8 nitrogen and oxygen atoms in total. The summed E-state index contributed by atoms with van der Waals surface area (Å²) in [5.41, 5.74) is 2.05. The Balaban J connectivity index is 1.81. The van der Waals surface area contributed by atoms with Gasteiger partial charge in [0.05, 0.1) is 18.6 Å². The summed E-state index contributed by atoms with van der Waals surface area (Å²) in [6.45, 7) is 8.04. The Morgan fingerprint density at radius 1 is 0.975 bits per heavy atom. The van der Waals surface area contributed by atoms with Crippen LogP contribution in [0.5, 0.6) is 5.75 Å². The molecule has 0 saturated carbocycles. The van der Waals surface area contributed by atoms with Crippen LogP contribution in [0.15, 0.2) is 77.7 Å². The number of aryl methyl sites for hydroxylation is 2. The minimum absolute atomic E-state index is 0.000862. The molecular formula is C31H41N3O5S. The number of carbonyl (C=O) groups is 1. The topological polar surface area (TPSA) is 108 Å². The van der Waals surface area contributed by atoms with E-state index in [1.165, 1.54) is 23.5 Å². The summed E-state index contributed by atoms with van der Waals surface area (Å²) in [4.78, 5) is 13.2. The molecule has 40 heavy (non-hydrogen) atoms. The molecule has 0 heterocycles. The van der Waals surface area contributed by atoms with E-state index in [1.54, 1.807) is 12.1 Å². The van der Waals surface area contributed by atoms with E-state index >= 15 is 0 Å². The van der Waals surface area contributed by atoms with E-state index in [9.17, 15) is 18.3 Å². The smallest absolute Gasteiger partial charge is 0.243 e. The molecule has 0 saturated heterocycles. The number of sulfonamides is 1. The zero-order chi connectivity index (χ0) is 29.3. The number of nitrogens with zero attached hydrogens (tertiary/aromatic N) is 1. The van der Waals surface area contributed by atoms with E-state index in [0.717, 1.165) is 22.4 Å². The minimum Gasteiger partial charge on any atom is -0.497 e. The predicted molar refractivity (Wildman–Crippen MR) is 159 cm³/mol. The van der Waals surface area contributed by atoms with Gasteiger partial charge in [0.2, 0.25) is 15.9 Å². The normalized spacial score (nSPS) is 13.2. The molecule has 1 atom stereocenters. The molecule has 216 valence electrons. The summed E-state index contributed by atoms with van der Waals surface area (Å²) in [6.07, 6.45) is 0.125. The standard InChI is InChI=1S/C31H41N3O5S/c1-23(2)22-34(40(37,38)28-16-14-27(39-5)15-17-28)19-18-31(36,20-26-12-7-6-8-13-26)33-29(35)21-32-30-24(3)10-9-11-25(30)4/h6-17,23,32,36H,18-22H2,1-5H3,(H,33,35). The summed E-state index contributed by atoms with van der Waals surface area (Å²) in [5.74, 6) is 0.213. The van der Waals surface area contributed by atoms with Gasteiger partial charge in [-0.15, -0.1) is 0 Å². The Kier molecular flexibility index (Phi) is 10.7. The minimum atomic E-state index is -3.86. The van der Waals surface area contributed by atoms with Crippen LogP contribution < -0.4 is 15.4 Å². The van der Waals surface area contributed by atoms with Gasteiger partial charge in [-0.25, -0.2) is 8.42 Å². The number of anilines is 1. The highest BCUT2D eigenvalue weighted by atomic mass is 32.2. The Hall–Kier alpha value is -3.40. The molecule has 0 fully saturated rings. The third-order valence-electron chi connectivity index (χ3n) is 6.66. The van der Waals surface area contributed by atoms with Gasteiger partial charge >= 0.3 is 0 Å². The van der Waals surface area contributed by atoms with Crippen molar-refractivity contribution in [1.82, 2.24) is 9.62 Å². The lowest BCUT2D eigenvalue weighted by Gasteiger charge is -2.33. The van der Waals surface area contributed by atoms with Gasteiger partial charge in [0, 0.05) is 31.6 Å². The second-order valence-electron chi connectivity index (χ2n) is 10.5. The first-order valence-corrected chi connectivity index (χ1v) is 14.9. The fraction of sp³-hybridized carbons (Fsp3) is 0.387. The van der Waals surface area contributed by atoms with Crippen molar-refractivity contribution in [2.75, 3.05) is 32.1 Å². The van der Waals surface area contributed by atoms with Crippen LogP contribution in [-0.2, 0) is 21.2 Å². The van der Waals surface area contributed by atoms with Crippen molar-refractivity contribution in [2.24, 2.45) is 5.92 Å². The van der Waals surface area contributed by atoms with Crippen molar-refractivity contribution in [3.05, 3.63) is 89.5 Å². The molecule has 0 aromatic heterocycles. The van der Waals surface area contributed by atoms with Crippen LogP contribution in [0.25, 0.3) is 0 Å². The Bertz CT molecular complexity index is 1340. The number of ether oxygens (including phenoxy) is 1. The highest BCUT2D eigenvalue weighted by Crippen LogP contribution is 2.24. The van der Waals surface area contributed by atoms with Crippen LogP contribution >= 0.6 is 0 Å². The van der Waals surface area contributed by atoms with Gasteiger partial charge in [0.1, 0.15) is 11.5 Å². The molecule has 0 bridgehead atoms. The highest BCUT2D eigenvalue weighted by Gasteiger charge is 2.33. The third kappa shape index (κ3) is 8.55. The zero-order valence-electron chi connectivity index (χ0n) is 24.0. The highest BCUT2D eigenvalue weighted by molar-refractivity contribution is 7.89. The van der Waals surface area contributed by atoms with Crippen molar-refractivity contribution in [3.8, 4) is 5.75 Å². The molecule has 1 amide bonds. The van der Waals surface area contributed by atoms with E-state index in [0.29, 0.717) is 5.75 Å². The molecule has 1 unspecified atom stereocenters. The molecule has 3 rings (SSSR count).